The molecule has 0 amide bonds. The normalized spacial score (nSPS) is 30.1. The summed E-state index contributed by atoms with van der Waals surface area (Å²) in [6.45, 7) is 0.442. The number of hydrogen-bond acceptors (Lipinski definition) is 3. The highest BCUT2D eigenvalue weighted by Crippen LogP contribution is 2.51. The molecule has 3 nitrogen and oxygen atoms in total. The first-order chi connectivity index (χ1) is 7.05. The molecule has 2 rings (SSSR count). The van der Waals surface area contributed by atoms with E-state index >= 15 is 0 Å². The van der Waals surface area contributed by atoms with Crippen molar-refractivity contribution in [1.29, 1.82) is 0 Å². The van der Waals surface area contributed by atoms with E-state index in [9.17, 15) is 8.42 Å². The van der Waals surface area contributed by atoms with Crippen LogP contribution in [0.1, 0.15) is 11.5 Å². The standard InChI is InChI=1S/C11H15NO2S/c1-15(13,14)11-9(7-12)10(11)8-5-3-2-4-6-8/h2-6,9-11H,7,12H2,1H3/t9-,10+,11+/m0/s1. The van der Waals surface area contributed by atoms with Crippen molar-refractivity contribution in [3.05, 3.63) is 35.9 Å². The van der Waals surface area contributed by atoms with Gasteiger partial charge in [-0.1, -0.05) is 30.3 Å². The van der Waals surface area contributed by atoms with Gasteiger partial charge in [-0.15, -0.1) is 0 Å². The minimum atomic E-state index is -2.97. The molecule has 1 aromatic rings. The molecule has 0 bridgehead atoms. The van der Waals surface area contributed by atoms with Crippen molar-refractivity contribution in [2.75, 3.05) is 12.8 Å². The first-order valence-corrected chi connectivity index (χ1v) is 6.95. The lowest BCUT2D eigenvalue weighted by Crippen LogP contribution is -2.11. The summed E-state index contributed by atoms with van der Waals surface area (Å²) >= 11 is 0. The van der Waals surface area contributed by atoms with Gasteiger partial charge in [0.05, 0.1) is 5.25 Å². The van der Waals surface area contributed by atoms with E-state index in [4.69, 9.17) is 5.73 Å². The van der Waals surface area contributed by atoms with Gasteiger partial charge in [0.2, 0.25) is 0 Å². The van der Waals surface area contributed by atoms with Crippen LogP contribution < -0.4 is 5.73 Å². The summed E-state index contributed by atoms with van der Waals surface area (Å²) in [5.74, 6) is 0.202. The topological polar surface area (TPSA) is 60.2 Å². The molecule has 1 aliphatic carbocycles. The van der Waals surface area contributed by atoms with Crippen molar-refractivity contribution < 1.29 is 8.42 Å². The van der Waals surface area contributed by atoms with E-state index in [0.717, 1.165) is 5.56 Å². The summed E-state index contributed by atoms with van der Waals surface area (Å²) in [6, 6.07) is 9.73. The van der Waals surface area contributed by atoms with Crippen LogP contribution in [0.5, 0.6) is 0 Å². The first-order valence-electron chi connectivity index (χ1n) is 4.99. The Kier molecular flexibility index (Phi) is 2.56. The van der Waals surface area contributed by atoms with Crippen molar-refractivity contribution in [3.8, 4) is 0 Å². The largest absolute Gasteiger partial charge is 0.330 e. The highest BCUT2D eigenvalue weighted by Gasteiger charge is 2.55. The Morgan fingerprint density at radius 3 is 2.27 bits per heavy atom. The van der Waals surface area contributed by atoms with Crippen LogP contribution in [-0.2, 0) is 9.84 Å². The molecular weight excluding hydrogens is 210 g/mol. The fraction of sp³-hybridized carbons (Fsp3) is 0.455. The number of benzene rings is 1. The number of nitrogens with two attached hydrogens (primary N) is 1. The summed E-state index contributed by atoms with van der Waals surface area (Å²) in [4.78, 5) is 0. The first kappa shape index (κ1) is 10.6. The van der Waals surface area contributed by atoms with Gasteiger partial charge in [0.1, 0.15) is 0 Å². The van der Waals surface area contributed by atoms with Crippen LogP contribution in [0.2, 0.25) is 0 Å². The second-order valence-electron chi connectivity index (χ2n) is 4.13. The average Bonchev–Trinajstić information content (AvgIpc) is 2.92. The molecule has 3 atom stereocenters. The molecule has 0 unspecified atom stereocenters. The van der Waals surface area contributed by atoms with Gasteiger partial charge in [0, 0.05) is 12.2 Å². The smallest absolute Gasteiger partial charge is 0.151 e. The van der Waals surface area contributed by atoms with Crippen LogP contribution in [0, 0.1) is 5.92 Å². The fourth-order valence-electron chi connectivity index (χ4n) is 2.32. The van der Waals surface area contributed by atoms with E-state index in [0.29, 0.717) is 6.54 Å². The lowest BCUT2D eigenvalue weighted by molar-refractivity contribution is 0.597. The summed E-state index contributed by atoms with van der Waals surface area (Å²) in [7, 11) is -2.97. The fourth-order valence-corrected chi connectivity index (χ4v) is 4.04. The van der Waals surface area contributed by atoms with Crippen molar-refractivity contribution in [1.82, 2.24) is 0 Å². The summed E-state index contributed by atoms with van der Waals surface area (Å²) in [6.07, 6.45) is 1.29. The summed E-state index contributed by atoms with van der Waals surface area (Å²) in [5.41, 5.74) is 6.67. The second kappa shape index (κ2) is 3.61. The van der Waals surface area contributed by atoms with Crippen LogP contribution >= 0.6 is 0 Å². The van der Waals surface area contributed by atoms with Crippen molar-refractivity contribution in [2.24, 2.45) is 11.7 Å². The van der Waals surface area contributed by atoms with Crippen molar-refractivity contribution in [2.45, 2.75) is 11.2 Å². The highest BCUT2D eigenvalue weighted by molar-refractivity contribution is 7.91. The lowest BCUT2D eigenvalue weighted by atomic mass is 10.1. The van der Waals surface area contributed by atoms with E-state index in [1.807, 2.05) is 30.3 Å². The molecule has 1 saturated carbocycles. The van der Waals surface area contributed by atoms with Crippen LogP contribution in [0.4, 0.5) is 0 Å². The van der Waals surface area contributed by atoms with Gasteiger partial charge in [0.25, 0.3) is 0 Å². The second-order valence-corrected chi connectivity index (χ2v) is 6.33. The number of sulfone groups is 1. The summed E-state index contributed by atoms with van der Waals surface area (Å²) < 4.78 is 23.0. The molecule has 0 aliphatic heterocycles. The number of rotatable bonds is 3. The Labute approximate surface area is 90.2 Å². The number of hydrogen-bond donors (Lipinski definition) is 1. The third-order valence-corrected chi connectivity index (χ3v) is 4.68. The lowest BCUT2D eigenvalue weighted by Gasteiger charge is -1.97. The molecule has 82 valence electrons. The zero-order valence-electron chi connectivity index (χ0n) is 8.63. The maximum Gasteiger partial charge on any atom is 0.151 e. The minimum absolute atomic E-state index is 0.0994. The van der Waals surface area contributed by atoms with Gasteiger partial charge in [-0.2, -0.15) is 0 Å². The quantitative estimate of drug-likeness (QED) is 0.826. The Bertz CT molecular complexity index is 441. The SMILES string of the molecule is CS(=O)(=O)[C@@H]1[C@@H](CN)[C@H]1c1ccccc1. The van der Waals surface area contributed by atoms with E-state index in [1.54, 1.807) is 0 Å². The molecule has 2 N–H and O–H groups in total. The van der Waals surface area contributed by atoms with Gasteiger partial charge in [-0.25, -0.2) is 8.42 Å². The van der Waals surface area contributed by atoms with E-state index in [2.05, 4.69) is 0 Å². The van der Waals surface area contributed by atoms with Crippen molar-refractivity contribution in [3.63, 3.8) is 0 Å². The van der Waals surface area contributed by atoms with E-state index < -0.39 is 9.84 Å². The Morgan fingerprint density at radius 1 is 1.27 bits per heavy atom. The van der Waals surface area contributed by atoms with Crippen LogP contribution in [0.25, 0.3) is 0 Å². The van der Waals surface area contributed by atoms with Gasteiger partial charge in [-0.05, 0) is 18.0 Å². The zero-order chi connectivity index (χ0) is 11.1. The van der Waals surface area contributed by atoms with Gasteiger partial charge in [-0.3, -0.25) is 0 Å². The molecule has 0 radical (unpaired) electrons. The molecule has 1 fully saturated rings. The molecule has 1 aliphatic rings. The van der Waals surface area contributed by atoms with E-state index in [1.165, 1.54) is 6.26 Å². The van der Waals surface area contributed by atoms with Gasteiger partial charge < -0.3 is 5.73 Å². The highest BCUT2D eigenvalue weighted by atomic mass is 32.2. The minimum Gasteiger partial charge on any atom is -0.330 e. The monoisotopic (exact) mass is 225 g/mol. The third-order valence-electron chi connectivity index (χ3n) is 3.05. The summed E-state index contributed by atoms with van der Waals surface area (Å²) in [5, 5.41) is -0.273. The van der Waals surface area contributed by atoms with Crippen LogP contribution in [-0.4, -0.2) is 26.5 Å². The van der Waals surface area contributed by atoms with Gasteiger partial charge >= 0.3 is 0 Å². The predicted octanol–water partition coefficient (Wildman–Crippen LogP) is 0.772. The molecule has 0 aromatic heterocycles. The maximum absolute atomic E-state index is 11.5. The zero-order valence-corrected chi connectivity index (χ0v) is 9.44. The van der Waals surface area contributed by atoms with Crippen LogP contribution in [0.3, 0.4) is 0 Å². The average molecular weight is 225 g/mol. The molecular formula is C11H15NO2S. The Hall–Kier alpha value is -0.870. The van der Waals surface area contributed by atoms with Gasteiger partial charge in [0.15, 0.2) is 9.84 Å². The Balaban J connectivity index is 2.27. The molecule has 15 heavy (non-hydrogen) atoms. The molecule has 0 spiro atoms. The molecule has 0 saturated heterocycles. The Morgan fingerprint density at radius 2 is 1.87 bits per heavy atom. The molecule has 0 heterocycles. The van der Waals surface area contributed by atoms with Crippen LogP contribution in [0.15, 0.2) is 30.3 Å². The predicted molar refractivity (Wildman–Crippen MR) is 60.4 cm³/mol. The van der Waals surface area contributed by atoms with E-state index in [-0.39, 0.29) is 17.1 Å². The molecule has 1 aromatic carbocycles. The van der Waals surface area contributed by atoms with Crippen molar-refractivity contribution >= 4 is 9.84 Å². The maximum atomic E-state index is 11.5. The third kappa shape index (κ3) is 1.92. The molecule has 4 heteroatoms.